The largest absolute Gasteiger partial charge is 0.418 e. The third kappa shape index (κ3) is 4.58. The summed E-state index contributed by atoms with van der Waals surface area (Å²) in [4.78, 5) is 0. The van der Waals surface area contributed by atoms with Crippen LogP contribution in [0.2, 0.25) is 0 Å². The zero-order chi connectivity index (χ0) is 16.0. The van der Waals surface area contributed by atoms with E-state index in [-0.39, 0.29) is 12.2 Å². The van der Waals surface area contributed by atoms with Crippen LogP contribution in [-0.4, -0.2) is 18.1 Å². The second-order valence-corrected chi connectivity index (χ2v) is 5.62. The first-order chi connectivity index (χ1) is 10.5. The monoisotopic (exact) mass is 372 g/mol. The minimum Gasteiger partial charge on any atom is -0.364 e. The number of hydrogen-bond donors (Lipinski definition) is 0. The maximum atomic E-state index is 13.1. The lowest BCUT2D eigenvalue weighted by Gasteiger charge is -2.21. The molecular formula is C17H16BrF3O. The number of alkyl halides is 4. The van der Waals surface area contributed by atoms with Gasteiger partial charge in [0.2, 0.25) is 0 Å². The molecule has 0 fully saturated rings. The quantitative estimate of drug-likeness (QED) is 0.462. The zero-order valence-corrected chi connectivity index (χ0v) is 13.4. The predicted octanol–water partition coefficient (Wildman–Crippen LogP) is 5.76. The highest BCUT2D eigenvalue weighted by Gasteiger charge is 2.41. The Morgan fingerprint density at radius 1 is 0.909 bits per heavy atom. The third-order valence-electron chi connectivity index (χ3n) is 3.18. The predicted molar refractivity (Wildman–Crippen MR) is 85.0 cm³/mol. The molecule has 0 heterocycles. The molecule has 0 aliphatic rings. The van der Waals surface area contributed by atoms with E-state index in [1.54, 1.807) is 12.1 Å². The Labute approximate surface area is 136 Å². The van der Waals surface area contributed by atoms with Gasteiger partial charge in [-0.15, -0.1) is 0 Å². The van der Waals surface area contributed by atoms with Gasteiger partial charge in [-0.2, -0.15) is 13.2 Å². The Hall–Kier alpha value is -1.33. The fourth-order valence-electron chi connectivity index (χ4n) is 2.12. The van der Waals surface area contributed by atoms with Gasteiger partial charge in [0, 0.05) is 11.9 Å². The van der Waals surface area contributed by atoms with Gasteiger partial charge in [0.1, 0.15) is 0 Å². The lowest BCUT2D eigenvalue weighted by Crippen LogP contribution is -2.24. The number of halogens is 4. The van der Waals surface area contributed by atoms with E-state index < -0.39 is 12.3 Å². The molecule has 0 N–H and O–H groups in total. The highest BCUT2D eigenvalue weighted by molar-refractivity contribution is 9.09. The first-order valence-corrected chi connectivity index (χ1v) is 8.04. The molecule has 2 aromatic carbocycles. The molecule has 0 amide bonds. The fourth-order valence-corrected chi connectivity index (χ4v) is 2.35. The molecule has 1 nitrogen and oxygen atoms in total. The highest BCUT2D eigenvalue weighted by atomic mass is 79.9. The number of ether oxygens (including phenoxy) is 1. The minimum atomic E-state index is -4.42. The van der Waals surface area contributed by atoms with Crippen LogP contribution in [0.1, 0.15) is 18.1 Å². The molecule has 0 spiro atoms. The molecule has 0 saturated carbocycles. The van der Waals surface area contributed by atoms with Crippen molar-refractivity contribution in [2.45, 2.75) is 18.7 Å². The SMILES string of the molecule is FC(F)(F)C(OCCCBr)c1ccc(-c2ccccc2)cc1. The highest BCUT2D eigenvalue weighted by Crippen LogP contribution is 2.36. The smallest absolute Gasteiger partial charge is 0.364 e. The molecule has 118 valence electrons. The van der Waals surface area contributed by atoms with Crippen LogP contribution in [0.3, 0.4) is 0 Å². The first kappa shape index (κ1) is 17.0. The van der Waals surface area contributed by atoms with Crippen LogP contribution in [0, 0.1) is 0 Å². The van der Waals surface area contributed by atoms with E-state index in [0.717, 1.165) is 11.1 Å². The van der Waals surface area contributed by atoms with E-state index in [9.17, 15) is 13.2 Å². The lowest BCUT2D eigenvalue weighted by molar-refractivity contribution is -0.223. The fraction of sp³-hybridized carbons (Fsp3) is 0.294. The summed E-state index contributed by atoms with van der Waals surface area (Å²) in [7, 11) is 0. The van der Waals surface area contributed by atoms with Gasteiger partial charge in [0.15, 0.2) is 6.10 Å². The van der Waals surface area contributed by atoms with E-state index in [4.69, 9.17) is 4.74 Å². The van der Waals surface area contributed by atoms with Crippen molar-refractivity contribution in [2.24, 2.45) is 0 Å². The summed E-state index contributed by atoms with van der Waals surface area (Å²) in [5.74, 6) is 0. The van der Waals surface area contributed by atoms with Gasteiger partial charge in [0.05, 0.1) is 0 Å². The molecule has 0 bridgehead atoms. The maximum absolute atomic E-state index is 13.1. The summed E-state index contributed by atoms with van der Waals surface area (Å²) in [6.45, 7) is 0.0653. The molecule has 5 heteroatoms. The summed E-state index contributed by atoms with van der Waals surface area (Å²) in [5, 5.41) is 0.616. The van der Waals surface area contributed by atoms with Gasteiger partial charge in [-0.25, -0.2) is 0 Å². The lowest BCUT2D eigenvalue weighted by atomic mass is 10.0. The Morgan fingerprint density at radius 3 is 2.05 bits per heavy atom. The Morgan fingerprint density at radius 2 is 1.50 bits per heavy atom. The van der Waals surface area contributed by atoms with Crippen LogP contribution in [0.15, 0.2) is 54.6 Å². The second-order valence-electron chi connectivity index (χ2n) is 4.82. The molecule has 0 radical (unpaired) electrons. The van der Waals surface area contributed by atoms with Crippen molar-refractivity contribution < 1.29 is 17.9 Å². The van der Waals surface area contributed by atoms with E-state index in [1.807, 2.05) is 30.3 Å². The third-order valence-corrected chi connectivity index (χ3v) is 3.74. The van der Waals surface area contributed by atoms with E-state index in [1.165, 1.54) is 12.1 Å². The molecule has 1 atom stereocenters. The zero-order valence-electron chi connectivity index (χ0n) is 11.8. The van der Waals surface area contributed by atoms with Crippen LogP contribution >= 0.6 is 15.9 Å². The maximum Gasteiger partial charge on any atom is 0.418 e. The van der Waals surface area contributed by atoms with Crippen LogP contribution in [0.4, 0.5) is 13.2 Å². The summed E-state index contributed by atoms with van der Waals surface area (Å²) in [6, 6.07) is 15.9. The first-order valence-electron chi connectivity index (χ1n) is 6.92. The average Bonchev–Trinajstić information content (AvgIpc) is 2.52. The molecule has 0 aliphatic carbocycles. The van der Waals surface area contributed by atoms with Crippen molar-refractivity contribution in [3.8, 4) is 11.1 Å². The summed E-state index contributed by atoms with van der Waals surface area (Å²) in [5.41, 5.74) is 1.98. The standard InChI is InChI=1S/C17H16BrF3O/c18-11-4-12-22-16(17(19,20)21)15-9-7-14(8-10-15)13-5-2-1-3-6-13/h1-3,5-10,16H,4,11-12H2. The number of benzene rings is 2. The molecular weight excluding hydrogens is 357 g/mol. The molecule has 0 aromatic heterocycles. The minimum absolute atomic E-state index is 0.0653. The normalized spacial score (nSPS) is 13.1. The van der Waals surface area contributed by atoms with E-state index in [2.05, 4.69) is 15.9 Å². The molecule has 22 heavy (non-hydrogen) atoms. The molecule has 0 aliphatic heterocycles. The second kappa shape index (κ2) is 7.79. The summed E-state index contributed by atoms with van der Waals surface area (Å²) in [6.07, 6.45) is -5.76. The van der Waals surface area contributed by atoms with Crippen LogP contribution in [-0.2, 0) is 4.74 Å². The summed E-state index contributed by atoms with van der Waals surface area (Å²) < 4.78 is 44.4. The molecule has 1 unspecified atom stereocenters. The number of hydrogen-bond acceptors (Lipinski definition) is 1. The van der Waals surface area contributed by atoms with Gasteiger partial charge >= 0.3 is 6.18 Å². The van der Waals surface area contributed by atoms with Crippen molar-refractivity contribution in [3.63, 3.8) is 0 Å². The van der Waals surface area contributed by atoms with Crippen LogP contribution in [0.25, 0.3) is 11.1 Å². The van der Waals surface area contributed by atoms with Gasteiger partial charge in [0.25, 0.3) is 0 Å². The van der Waals surface area contributed by atoms with Crippen molar-refractivity contribution in [3.05, 3.63) is 60.2 Å². The Bertz CT molecular complexity index is 567. The molecule has 0 saturated heterocycles. The summed E-state index contributed by atoms with van der Waals surface area (Å²) >= 11 is 3.18. The Balaban J connectivity index is 2.18. The topological polar surface area (TPSA) is 9.23 Å². The van der Waals surface area contributed by atoms with Crippen molar-refractivity contribution >= 4 is 15.9 Å². The van der Waals surface area contributed by atoms with E-state index in [0.29, 0.717) is 11.8 Å². The van der Waals surface area contributed by atoms with Crippen LogP contribution in [0.5, 0.6) is 0 Å². The Kier molecular flexibility index (Phi) is 6.03. The van der Waals surface area contributed by atoms with Crippen molar-refractivity contribution in [1.29, 1.82) is 0 Å². The van der Waals surface area contributed by atoms with Crippen molar-refractivity contribution in [2.75, 3.05) is 11.9 Å². The van der Waals surface area contributed by atoms with Crippen molar-refractivity contribution in [1.82, 2.24) is 0 Å². The van der Waals surface area contributed by atoms with Gasteiger partial charge in [-0.05, 0) is 23.1 Å². The number of rotatable bonds is 6. The van der Waals surface area contributed by atoms with Gasteiger partial charge in [-0.3, -0.25) is 0 Å². The van der Waals surface area contributed by atoms with Gasteiger partial charge < -0.3 is 4.74 Å². The van der Waals surface area contributed by atoms with E-state index >= 15 is 0 Å². The molecule has 2 rings (SSSR count). The molecule has 2 aromatic rings. The van der Waals surface area contributed by atoms with Crippen LogP contribution < -0.4 is 0 Å². The van der Waals surface area contributed by atoms with Gasteiger partial charge in [-0.1, -0.05) is 70.5 Å². The average molecular weight is 373 g/mol.